The van der Waals surface area contributed by atoms with Crippen molar-refractivity contribution in [1.82, 2.24) is 9.80 Å². The van der Waals surface area contributed by atoms with Gasteiger partial charge in [-0.3, -0.25) is 9.59 Å². The van der Waals surface area contributed by atoms with Crippen molar-refractivity contribution in [2.45, 2.75) is 47.5 Å². The van der Waals surface area contributed by atoms with Crippen LogP contribution >= 0.6 is 0 Å². The zero-order chi connectivity index (χ0) is 39.9. The fraction of sp³-hybridized carbons (Fsp3) is 0.319. The highest BCUT2D eigenvalue weighted by Crippen LogP contribution is 2.55. The fourth-order valence-corrected chi connectivity index (χ4v) is 9.40. The first-order valence-corrected chi connectivity index (χ1v) is 18.6. The topological polar surface area (TPSA) is 115 Å². The van der Waals surface area contributed by atoms with Crippen LogP contribution in [0.4, 0.5) is 0 Å². The van der Waals surface area contributed by atoms with Crippen molar-refractivity contribution in [3.05, 3.63) is 142 Å². The summed E-state index contributed by atoms with van der Waals surface area (Å²) in [4.78, 5) is 54.5. The van der Waals surface area contributed by atoms with Crippen LogP contribution in [0.1, 0.15) is 100 Å². The number of hydrogen-bond donors (Lipinski definition) is 2. The van der Waals surface area contributed by atoms with Gasteiger partial charge in [-0.1, -0.05) is 100 Å². The molecule has 2 aliphatic carbocycles. The van der Waals surface area contributed by atoms with E-state index in [2.05, 4.69) is 71.8 Å². The van der Waals surface area contributed by atoms with E-state index in [1.54, 1.807) is 48.5 Å². The van der Waals surface area contributed by atoms with E-state index in [4.69, 9.17) is 0 Å². The minimum atomic E-state index is -0.945. The number of benzene rings is 3. The molecule has 55 heavy (non-hydrogen) atoms. The summed E-state index contributed by atoms with van der Waals surface area (Å²) in [6.07, 6.45) is 18.4. The Kier molecular flexibility index (Phi) is 10.4. The lowest BCUT2D eigenvalue weighted by molar-refractivity contribution is 0.0677. The van der Waals surface area contributed by atoms with Crippen molar-refractivity contribution in [1.29, 1.82) is 0 Å². The summed E-state index contributed by atoms with van der Waals surface area (Å²) < 4.78 is 0. The Morgan fingerprint density at radius 1 is 0.636 bits per heavy atom. The Labute approximate surface area is 323 Å². The number of carbonyl (C=O) groups is 4. The summed E-state index contributed by atoms with van der Waals surface area (Å²) in [5, 5.41) is 18.7. The quantitative estimate of drug-likeness (QED) is 0.193. The third-order valence-electron chi connectivity index (χ3n) is 12.0. The highest BCUT2D eigenvalue weighted by Gasteiger charge is 2.46. The predicted octanol–water partition coefficient (Wildman–Crippen LogP) is 8.75. The standard InChI is InChI=1S/C45H46N2O6.C2H2/c1-43(2)35(28-9-13-30(14-10-28)41(50)51)18-17-34-26-46(23-20-37(34)43)39(48)32-7-6-8-33(25-32)40(49)47-24-21-38-44(3,4)36(19-22-45(38,5)27-47)29-11-15-31(16-12-29)42(52)53;1-2/h6-16,18-21,25,34H,17,22-24,26-27H2,1-5H3,(H,50,51)(H,52,53);1-2H/t34?,45-;/m1./s1. The van der Waals surface area contributed by atoms with Gasteiger partial charge in [0.1, 0.15) is 0 Å². The molecule has 3 aromatic carbocycles. The van der Waals surface area contributed by atoms with E-state index >= 15 is 0 Å². The average Bonchev–Trinajstić information content (AvgIpc) is 3.17. The van der Waals surface area contributed by atoms with Gasteiger partial charge in [0.25, 0.3) is 11.8 Å². The Morgan fingerprint density at radius 2 is 1.15 bits per heavy atom. The van der Waals surface area contributed by atoms with E-state index < -0.39 is 11.9 Å². The third-order valence-corrected chi connectivity index (χ3v) is 12.0. The first-order valence-electron chi connectivity index (χ1n) is 18.6. The van der Waals surface area contributed by atoms with E-state index in [0.717, 1.165) is 35.1 Å². The molecule has 3 aromatic rings. The minimum absolute atomic E-state index is 0.0948. The van der Waals surface area contributed by atoms with Gasteiger partial charge < -0.3 is 20.0 Å². The Morgan fingerprint density at radius 3 is 1.69 bits per heavy atom. The minimum Gasteiger partial charge on any atom is -0.478 e. The van der Waals surface area contributed by atoms with Crippen molar-refractivity contribution >= 4 is 34.9 Å². The van der Waals surface area contributed by atoms with Crippen LogP contribution in [0.3, 0.4) is 0 Å². The van der Waals surface area contributed by atoms with E-state index in [1.165, 1.54) is 11.1 Å². The first-order chi connectivity index (χ1) is 26.1. The number of hydrogen-bond acceptors (Lipinski definition) is 4. The number of carbonyl (C=O) groups excluding carboxylic acids is 2. The lowest BCUT2D eigenvalue weighted by Crippen LogP contribution is -2.48. The fourth-order valence-electron chi connectivity index (χ4n) is 9.40. The maximum Gasteiger partial charge on any atom is 0.335 e. The van der Waals surface area contributed by atoms with Gasteiger partial charge in [0.2, 0.25) is 0 Å². The molecule has 2 aliphatic heterocycles. The molecule has 2 atom stereocenters. The van der Waals surface area contributed by atoms with Crippen LogP contribution in [0, 0.1) is 35.0 Å². The molecule has 0 bridgehead atoms. The molecule has 4 aliphatic rings. The molecule has 0 saturated carbocycles. The molecule has 8 heteroatoms. The number of amides is 2. The van der Waals surface area contributed by atoms with Gasteiger partial charge in [-0.05, 0) is 77.6 Å². The number of carboxylic acids is 2. The van der Waals surface area contributed by atoms with Crippen molar-refractivity contribution in [3.63, 3.8) is 0 Å². The Bertz CT molecular complexity index is 2200. The van der Waals surface area contributed by atoms with Crippen LogP contribution in [0.2, 0.25) is 0 Å². The highest BCUT2D eigenvalue weighted by molar-refractivity contribution is 6.00. The number of nitrogens with zero attached hydrogens (tertiary/aromatic N) is 2. The molecule has 2 heterocycles. The Balaban J connectivity index is 0.00000253. The molecule has 7 rings (SSSR count). The molecule has 8 nitrogen and oxygen atoms in total. The molecule has 0 radical (unpaired) electrons. The van der Waals surface area contributed by atoms with Crippen LogP contribution in [0.25, 0.3) is 11.1 Å². The second kappa shape index (κ2) is 14.7. The molecule has 1 unspecified atom stereocenters. The summed E-state index contributed by atoms with van der Waals surface area (Å²) in [6.45, 7) is 13.1. The summed E-state index contributed by atoms with van der Waals surface area (Å²) >= 11 is 0. The van der Waals surface area contributed by atoms with E-state index in [9.17, 15) is 29.4 Å². The van der Waals surface area contributed by atoms with Gasteiger partial charge in [0.15, 0.2) is 0 Å². The third kappa shape index (κ3) is 7.07. The number of fused-ring (bicyclic) bond motifs is 2. The monoisotopic (exact) mass is 736 g/mol. The molecule has 0 aromatic heterocycles. The molecule has 282 valence electrons. The summed E-state index contributed by atoms with van der Waals surface area (Å²) in [5.41, 5.74) is 7.57. The molecule has 0 spiro atoms. The van der Waals surface area contributed by atoms with Gasteiger partial charge in [-0.2, -0.15) is 0 Å². The van der Waals surface area contributed by atoms with E-state index in [-0.39, 0.29) is 45.1 Å². The highest BCUT2D eigenvalue weighted by atomic mass is 16.4. The molecular formula is C47H48N2O6. The second-order valence-corrected chi connectivity index (χ2v) is 16.2. The van der Waals surface area contributed by atoms with Crippen LogP contribution in [0.5, 0.6) is 0 Å². The number of aromatic carboxylic acids is 2. The zero-order valence-electron chi connectivity index (χ0n) is 32.1. The molecule has 2 N–H and O–H groups in total. The van der Waals surface area contributed by atoms with E-state index in [1.807, 2.05) is 34.1 Å². The Hall–Kier alpha value is -5.94. The maximum atomic E-state index is 14.0. The van der Waals surface area contributed by atoms with Gasteiger partial charge in [-0.25, -0.2) is 9.59 Å². The number of allylic oxidation sites excluding steroid dienone is 4. The van der Waals surface area contributed by atoms with Crippen LogP contribution in [0.15, 0.2) is 108 Å². The van der Waals surface area contributed by atoms with Crippen LogP contribution in [-0.4, -0.2) is 69.9 Å². The lowest BCUT2D eigenvalue weighted by Gasteiger charge is -2.50. The van der Waals surface area contributed by atoms with Gasteiger partial charge in [0, 0.05) is 59.5 Å². The van der Waals surface area contributed by atoms with Crippen LogP contribution in [-0.2, 0) is 0 Å². The lowest BCUT2D eigenvalue weighted by atomic mass is 9.58. The molecule has 0 fully saturated rings. The normalized spacial score (nSPS) is 22.2. The van der Waals surface area contributed by atoms with Crippen molar-refractivity contribution in [2.75, 3.05) is 26.2 Å². The summed E-state index contributed by atoms with van der Waals surface area (Å²) in [5.74, 6) is -1.91. The van der Waals surface area contributed by atoms with Crippen molar-refractivity contribution in [2.24, 2.45) is 22.2 Å². The largest absolute Gasteiger partial charge is 0.478 e. The van der Waals surface area contributed by atoms with E-state index in [0.29, 0.717) is 37.3 Å². The molecule has 0 saturated heterocycles. The second-order valence-electron chi connectivity index (χ2n) is 16.2. The number of carboxylic acid groups (broad SMARTS) is 2. The van der Waals surface area contributed by atoms with Gasteiger partial charge in [0.05, 0.1) is 11.1 Å². The van der Waals surface area contributed by atoms with Gasteiger partial charge >= 0.3 is 11.9 Å². The maximum absolute atomic E-state index is 14.0. The first kappa shape index (κ1) is 38.8. The van der Waals surface area contributed by atoms with Crippen molar-refractivity contribution < 1.29 is 29.4 Å². The average molecular weight is 737 g/mol. The smallest absolute Gasteiger partial charge is 0.335 e. The molecular weight excluding hydrogens is 689 g/mol. The van der Waals surface area contributed by atoms with Crippen LogP contribution < -0.4 is 0 Å². The predicted molar refractivity (Wildman–Crippen MR) is 215 cm³/mol. The SMILES string of the molecule is C#C.CC1(C)C(c2ccc(C(=O)O)cc2)=CCC2CN(C(=O)c3cccc(C(=O)N4CC=C5C(C)(C)C(c6ccc(C(=O)O)cc6)=CC[C@]5(C)C4)c3)CC=C21. The summed E-state index contributed by atoms with van der Waals surface area (Å²) in [7, 11) is 0. The van der Waals surface area contributed by atoms with Crippen molar-refractivity contribution in [3.8, 4) is 12.8 Å². The number of rotatable bonds is 6. The molecule has 2 amide bonds. The zero-order valence-corrected chi connectivity index (χ0v) is 32.1. The van der Waals surface area contributed by atoms with Gasteiger partial charge in [-0.15, -0.1) is 12.8 Å². The summed E-state index contributed by atoms with van der Waals surface area (Å²) in [6, 6.07) is 21.2. The number of terminal acetylenes is 1.